The summed E-state index contributed by atoms with van der Waals surface area (Å²) in [5.74, 6) is 0.709. The Morgan fingerprint density at radius 2 is 1.67 bits per heavy atom. The fourth-order valence-corrected chi connectivity index (χ4v) is 7.64. The van der Waals surface area contributed by atoms with Crippen LogP contribution in [0.5, 0.6) is 0 Å². The smallest absolute Gasteiger partial charge is 0.410 e. The molecular formula is C40H57N7O4. The number of anilines is 2. The quantitative estimate of drug-likeness (QED) is 0.293. The number of amides is 2. The van der Waals surface area contributed by atoms with Crippen molar-refractivity contribution in [2.24, 2.45) is 0 Å². The Hall–Kier alpha value is -4.38. The third-order valence-corrected chi connectivity index (χ3v) is 10.3. The van der Waals surface area contributed by atoms with Gasteiger partial charge in [0.25, 0.3) is 11.5 Å². The number of nitrogens with one attached hydrogen (secondary N) is 2. The molecule has 0 aliphatic carbocycles. The molecular weight excluding hydrogens is 642 g/mol. The molecule has 0 unspecified atom stereocenters. The predicted octanol–water partition coefficient (Wildman–Crippen LogP) is 6.05. The van der Waals surface area contributed by atoms with Crippen molar-refractivity contribution in [3.63, 3.8) is 0 Å². The maximum atomic E-state index is 14.0. The lowest BCUT2D eigenvalue weighted by atomic mass is 9.90. The van der Waals surface area contributed by atoms with Crippen molar-refractivity contribution >= 4 is 23.5 Å². The molecule has 5 rings (SSSR count). The van der Waals surface area contributed by atoms with Gasteiger partial charge in [0, 0.05) is 91.7 Å². The number of H-pyrrole nitrogens is 1. The molecule has 0 bridgehead atoms. The number of ether oxygens (including phenoxy) is 1. The lowest BCUT2D eigenvalue weighted by molar-refractivity contribution is -0.00252. The minimum atomic E-state index is -0.569. The Kier molecular flexibility index (Phi) is 11.5. The van der Waals surface area contributed by atoms with E-state index in [1.54, 1.807) is 0 Å². The molecule has 4 heterocycles. The lowest BCUT2D eigenvalue weighted by Crippen LogP contribution is -2.56. The molecule has 0 saturated carbocycles. The minimum Gasteiger partial charge on any atom is -0.444 e. The molecule has 3 aromatic rings. The maximum Gasteiger partial charge on any atom is 0.410 e. The summed E-state index contributed by atoms with van der Waals surface area (Å²) >= 11 is 0. The number of likely N-dealkylation sites (N-methyl/N-ethyl adjacent to an activating group) is 1. The fraction of sp³-hybridized carbons (Fsp3) is 0.550. The zero-order valence-corrected chi connectivity index (χ0v) is 32.2. The van der Waals surface area contributed by atoms with Crippen LogP contribution in [0.25, 0.3) is 11.1 Å². The second-order valence-corrected chi connectivity index (χ2v) is 15.5. The highest BCUT2D eigenvalue weighted by atomic mass is 16.6. The van der Waals surface area contributed by atoms with Crippen LogP contribution < -0.4 is 20.7 Å². The van der Waals surface area contributed by atoms with Crippen LogP contribution in [0.1, 0.15) is 87.1 Å². The zero-order valence-electron chi connectivity index (χ0n) is 32.2. The second kappa shape index (κ2) is 15.5. The number of carbonyl (C=O) groups excluding carboxylic acids is 2. The van der Waals surface area contributed by atoms with Gasteiger partial charge in [-0.2, -0.15) is 0 Å². The summed E-state index contributed by atoms with van der Waals surface area (Å²) in [5, 5.41) is 3.04. The highest BCUT2D eigenvalue weighted by Crippen LogP contribution is 2.36. The Labute approximate surface area is 303 Å². The normalized spacial score (nSPS) is 19.9. The number of carbonyl (C=O) groups is 2. The zero-order chi connectivity index (χ0) is 37.2. The number of piperazine rings is 1. The number of nitrogens with zero attached hydrogens (tertiary/aromatic N) is 5. The lowest BCUT2D eigenvalue weighted by Gasteiger charge is -2.47. The summed E-state index contributed by atoms with van der Waals surface area (Å²) in [5.41, 5.74) is 5.62. The van der Waals surface area contributed by atoms with Gasteiger partial charge >= 0.3 is 6.09 Å². The molecule has 2 atom stereocenters. The summed E-state index contributed by atoms with van der Waals surface area (Å²) < 4.78 is 5.77. The van der Waals surface area contributed by atoms with Gasteiger partial charge in [0.1, 0.15) is 11.4 Å². The number of hydrogen-bond acceptors (Lipinski definition) is 8. The van der Waals surface area contributed by atoms with Crippen LogP contribution in [-0.2, 0) is 11.3 Å². The van der Waals surface area contributed by atoms with E-state index in [0.717, 1.165) is 85.0 Å². The molecule has 2 amide bonds. The number of aromatic amines is 1. The van der Waals surface area contributed by atoms with Crippen LogP contribution in [0, 0.1) is 20.8 Å². The average Bonchev–Trinajstić information content (AvgIpc) is 3.04. The Morgan fingerprint density at radius 1 is 1.00 bits per heavy atom. The van der Waals surface area contributed by atoms with Crippen molar-refractivity contribution in [1.82, 2.24) is 25.1 Å². The minimum absolute atomic E-state index is 0.0314. The van der Waals surface area contributed by atoms with Gasteiger partial charge in [-0.1, -0.05) is 0 Å². The van der Waals surface area contributed by atoms with Crippen molar-refractivity contribution in [2.45, 2.75) is 105 Å². The highest BCUT2D eigenvalue weighted by molar-refractivity contribution is 5.99. The molecule has 11 heteroatoms. The molecule has 2 saturated heterocycles. The van der Waals surface area contributed by atoms with Gasteiger partial charge in [0.2, 0.25) is 0 Å². The van der Waals surface area contributed by atoms with Gasteiger partial charge < -0.3 is 34.6 Å². The third-order valence-electron chi connectivity index (χ3n) is 10.3. The maximum absolute atomic E-state index is 14.0. The van der Waals surface area contributed by atoms with E-state index in [-0.39, 0.29) is 42.2 Å². The number of aromatic nitrogens is 2. The van der Waals surface area contributed by atoms with Crippen molar-refractivity contribution in [1.29, 1.82) is 0 Å². The summed E-state index contributed by atoms with van der Waals surface area (Å²) in [4.78, 5) is 56.6. The molecule has 2 aliphatic heterocycles. The number of pyridine rings is 2. The molecule has 2 N–H and O–H groups in total. The number of aryl methyl sites for hydroxylation is 2. The van der Waals surface area contributed by atoms with Crippen LogP contribution in [0.2, 0.25) is 0 Å². The first-order valence-corrected chi connectivity index (χ1v) is 18.4. The molecule has 2 aliphatic rings. The topological polar surface area (TPSA) is 114 Å². The van der Waals surface area contributed by atoms with E-state index in [1.165, 1.54) is 0 Å². The van der Waals surface area contributed by atoms with Crippen LogP contribution in [0.15, 0.2) is 41.3 Å². The number of benzene rings is 1. The second-order valence-electron chi connectivity index (χ2n) is 15.5. The highest BCUT2D eigenvalue weighted by Gasteiger charge is 2.39. The van der Waals surface area contributed by atoms with E-state index >= 15 is 0 Å². The molecule has 1 aromatic carbocycles. The Morgan fingerprint density at radius 3 is 2.24 bits per heavy atom. The van der Waals surface area contributed by atoms with Crippen LogP contribution in [0.4, 0.5) is 16.3 Å². The van der Waals surface area contributed by atoms with Crippen molar-refractivity contribution < 1.29 is 14.3 Å². The van der Waals surface area contributed by atoms with Crippen LogP contribution in [-0.4, -0.2) is 95.3 Å². The summed E-state index contributed by atoms with van der Waals surface area (Å²) in [6, 6.07) is 10.3. The molecule has 276 valence electrons. The van der Waals surface area contributed by atoms with Gasteiger partial charge in [-0.25, -0.2) is 9.78 Å². The number of piperidine rings is 1. The molecule has 2 aromatic heterocycles. The van der Waals surface area contributed by atoms with Gasteiger partial charge in [0.15, 0.2) is 0 Å². The molecule has 11 nitrogen and oxygen atoms in total. The largest absolute Gasteiger partial charge is 0.444 e. The van der Waals surface area contributed by atoms with Crippen LogP contribution in [0.3, 0.4) is 0 Å². The van der Waals surface area contributed by atoms with E-state index < -0.39 is 5.60 Å². The van der Waals surface area contributed by atoms with E-state index in [1.807, 2.05) is 64.8 Å². The molecule has 0 spiro atoms. The molecule has 51 heavy (non-hydrogen) atoms. The number of rotatable bonds is 8. The van der Waals surface area contributed by atoms with Crippen molar-refractivity contribution in [3.05, 3.63) is 74.8 Å². The number of likely N-dealkylation sites (tertiary alicyclic amines) is 1. The van der Waals surface area contributed by atoms with Gasteiger partial charge in [-0.05, 0) is 129 Å². The van der Waals surface area contributed by atoms with Crippen LogP contribution >= 0.6 is 0 Å². The molecule has 2 fully saturated rings. The van der Waals surface area contributed by atoms with E-state index in [9.17, 15) is 14.4 Å². The predicted molar refractivity (Wildman–Crippen MR) is 205 cm³/mol. The molecule has 0 radical (unpaired) electrons. The first kappa shape index (κ1) is 37.9. The van der Waals surface area contributed by atoms with Crippen molar-refractivity contribution in [2.75, 3.05) is 49.6 Å². The monoisotopic (exact) mass is 699 g/mol. The summed E-state index contributed by atoms with van der Waals surface area (Å²) in [6.07, 6.45) is 3.15. The summed E-state index contributed by atoms with van der Waals surface area (Å²) in [6.45, 7) is 22.4. The van der Waals surface area contributed by atoms with Gasteiger partial charge in [-0.3, -0.25) is 9.59 Å². The van der Waals surface area contributed by atoms with E-state index in [2.05, 4.69) is 71.0 Å². The first-order chi connectivity index (χ1) is 24.1. The van der Waals surface area contributed by atoms with E-state index in [4.69, 9.17) is 9.72 Å². The first-order valence-electron chi connectivity index (χ1n) is 18.4. The fourth-order valence-electron chi connectivity index (χ4n) is 7.64. The van der Waals surface area contributed by atoms with Gasteiger partial charge in [0.05, 0.1) is 0 Å². The Bertz CT molecular complexity index is 1760. The third kappa shape index (κ3) is 8.75. The average molecular weight is 700 g/mol. The van der Waals surface area contributed by atoms with E-state index in [0.29, 0.717) is 11.1 Å². The van der Waals surface area contributed by atoms with Crippen molar-refractivity contribution in [3.8, 4) is 11.1 Å². The summed E-state index contributed by atoms with van der Waals surface area (Å²) in [7, 11) is 2.14. The Balaban J connectivity index is 1.49. The number of hydrogen-bond donors (Lipinski definition) is 2. The standard InChI is InChI=1S/C40H57N7O4/c1-11-46(32-19-27(4)47(28(5)20-32)39(50)51-40(7,8)9)35-22-31(30-12-13-36(41-23-30)45-16-14-44(10)15-17-45)21-33(29(35)6)37(48)42-24-34-25(2)18-26(3)43-38(34)49/h12-13,18,21-23,27-28,32H,11,14-17,19-20,24H2,1-10H3,(H,42,48)(H,43,49)/t27-,28-/m1/s1. The SMILES string of the molecule is CCN(c1cc(-c2ccc(N3CCN(C)CC3)nc2)cc(C(=O)NCc2c(C)cc(C)[nH]c2=O)c1C)C1C[C@@H](C)N(C(=O)OC(C)(C)C)[C@H](C)C1. The van der Waals surface area contributed by atoms with Gasteiger partial charge in [-0.15, -0.1) is 0 Å².